The SMILES string of the molecule is COc1ccc(C)cc1C(N)COC1CCCC(C)C1. The highest BCUT2D eigenvalue weighted by Gasteiger charge is 2.21. The minimum Gasteiger partial charge on any atom is -0.496 e. The normalized spacial score (nSPS) is 24.4. The molecule has 3 atom stereocenters. The summed E-state index contributed by atoms with van der Waals surface area (Å²) in [5.74, 6) is 1.63. The van der Waals surface area contributed by atoms with Gasteiger partial charge >= 0.3 is 0 Å². The summed E-state index contributed by atoms with van der Waals surface area (Å²) in [7, 11) is 1.69. The highest BCUT2D eigenvalue weighted by Crippen LogP contribution is 2.28. The minimum absolute atomic E-state index is 0.123. The predicted octanol–water partition coefficient (Wildman–Crippen LogP) is 3.60. The van der Waals surface area contributed by atoms with Gasteiger partial charge in [-0.05, 0) is 31.7 Å². The number of hydrogen-bond donors (Lipinski definition) is 1. The summed E-state index contributed by atoms with van der Waals surface area (Å²) >= 11 is 0. The van der Waals surface area contributed by atoms with Crippen LogP contribution in [0.4, 0.5) is 0 Å². The number of benzene rings is 1. The molecule has 0 aliphatic heterocycles. The lowest BCUT2D eigenvalue weighted by Gasteiger charge is -2.28. The molecule has 0 radical (unpaired) electrons. The van der Waals surface area contributed by atoms with Gasteiger partial charge in [-0.3, -0.25) is 0 Å². The molecule has 0 amide bonds. The lowest BCUT2D eigenvalue weighted by atomic mass is 9.88. The van der Waals surface area contributed by atoms with Crippen molar-refractivity contribution in [3.05, 3.63) is 29.3 Å². The number of nitrogens with two attached hydrogens (primary N) is 1. The molecular formula is C17H27NO2. The fourth-order valence-corrected chi connectivity index (χ4v) is 3.00. The molecule has 3 nitrogen and oxygen atoms in total. The topological polar surface area (TPSA) is 44.5 Å². The molecule has 112 valence electrons. The smallest absolute Gasteiger partial charge is 0.123 e. The molecule has 1 aliphatic rings. The van der Waals surface area contributed by atoms with Crippen molar-refractivity contribution in [2.24, 2.45) is 11.7 Å². The molecule has 1 aromatic carbocycles. The van der Waals surface area contributed by atoms with Crippen molar-refractivity contribution in [1.29, 1.82) is 0 Å². The van der Waals surface area contributed by atoms with Crippen LogP contribution in [0.25, 0.3) is 0 Å². The van der Waals surface area contributed by atoms with E-state index in [4.69, 9.17) is 15.2 Å². The van der Waals surface area contributed by atoms with Gasteiger partial charge in [0.05, 0.1) is 25.9 Å². The van der Waals surface area contributed by atoms with E-state index in [1.54, 1.807) is 7.11 Å². The van der Waals surface area contributed by atoms with Gasteiger partial charge in [0.15, 0.2) is 0 Å². The van der Waals surface area contributed by atoms with Gasteiger partial charge in [0.25, 0.3) is 0 Å². The second kappa shape index (κ2) is 7.09. The molecular weight excluding hydrogens is 250 g/mol. The van der Waals surface area contributed by atoms with Gasteiger partial charge in [-0.25, -0.2) is 0 Å². The zero-order valence-electron chi connectivity index (χ0n) is 12.9. The number of aryl methyl sites for hydroxylation is 1. The summed E-state index contributed by atoms with van der Waals surface area (Å²) in [6.07, 6.45) is 5.31. The van der Waals surface area contributed by atoms with Crippen LogP contribution in [0.2, 0.25) is 0 Å². The standard InChI is InChI=1S/C17H27NO2/c1-12-5-4-6-14(9-12)20-11-16(18)15-10-13(2)7-8-17(15)19-3/h7-8,10,12,14,16H,4-6,9,11,18H2,1-3H3. The van der Waals surface area contributed by atoms with Crippen LogP contribution in [-0.4, -0.2) is 19.8 Å². The van der Waals surface area contributed by atoms with Crippen molar-refractivity contribution in [1.82, 2.24) is 0 Å². The van der Waals surface area contributed by atoms with E-state index in [0.29, 0.717) is 12.7 Å². The van der Waals surface area contributed by atoms with E-state index in [1.807, 2.05) is 12.1 Å². The summed E-state index contributed by atoms with van der Waals surface area (Å²) in [5.41, 5.74) is 8.52. The predicted molar refractivity (Wildman–Crippen MR) is 82.0 cm³/mol. The molecule has 0 heterocycles. The van der Waals surface area contributed by atoms with Gasteiger partial charge in [-0.1, -0.05) is 37.5 Å². The minimum atomic E-state index is -0.123. The third-order valence-corrected chi connectivity index (χ3v) is 4.18. The van der Waals surface area contributed by atoms with Gasteiger partial charge in [0.1, 0.15) is 5.75 Å². The Morgan fingerprint density at radius 3 is 2.85 bits per heavy atom. The first kappa shape index (κ1) is 15.3. The first-order valence-corrected chi connectivity index (χ1v) is 7.62. The molecule has 3 heteroatoms. The Morgan fingerprint density at radius 1 is 1.35 bits per heavy atom. The van der Waals surface area contributed by atoms with E-state index in [9.17, 15) is 0 Å². The highest BCUT2D eigenvalue weighted by atomic mass is 16.5. The maximum Gasteiger partial charge on any atom is 0.123 e. The maximum atomic E-state index is 6.29. The van der Waals surface area contributed by atoms with E-state index < -0.39 is 0 Å². The zero-order valence-corrected chi connectivity index (χ0v) is 12.9. The molecule has 3 unspecified atom stereocenters. The summed E-state index contributed by atoms with van der Waals surface area (Å²) in [6.45, 7) is 4.94. The first-order valence-electron chi connectivity index (χ1n) is 7.62. The molecule has 1 aromatic rings. The van der Waals surface area contributed by atoms with Crippen molar-refractivity contribution in [3.63, 3.8) is 0 Å². The molecule has 0 saturated heterocycles. The molecule has 0 spiro atoms. The molecule has 0 aromatic heterocycles. The van der Waals surface area contributed by atoms with Gasteiger partial charge < -0.3 is 15.2 Å². The van der Waals surface area contributed by atoms with Crippen LogP contribution in [0.5, 0.6) is 5.75 Å². The Labute approximate surface area is 122 Å². The Kier molecular flexibility index (Phi) is 5.44. The van der Waals surface area contributed by atoms with Crippen LogP contribution < -0.4 is 10.5 Å². The van der Waals surface area contributed by atoms with Crippen molar-refractivity contribution in [2.45, 2.75) is 51.7 Å². The first-order chi connectivity index (χ1) is 9.60. The van der Waals surface area contributed by atoms with E-state index >= 15 is 0 Å². The summed E-state index contributed by atoms with van der Waals surface area (Å²) < 4.78 is 11.4. The second-order valence-corrected chi connectivity index (χ2v) is 6.08. The molecule has 2 rings (SSSR count). The van der Waals surface area contributed by atoms with Gasteiger partial charge in [0.2, 0.25) is 0 Å². The van der Waals surface area contributed by atoms with Crippen LogP contribution in [0, 0.1) is 12.8 Å². The van der Waals surface area contributed by atoms with Gasteiger partial charge in [-0.2, -0.15) is 0 Å². The number of ether oxygens (including phenoxy) is 2. The number of hydrogen-bond acceptors (Lipinski definition) is 3. The van der Waals surface area contributed by atoms with Crippen LogP contribution in [-0.2, 0) is 4.74 Å². The Hall–Kier alpha value is -1.06. The number of rotatable bonds is 5. The molecule has 20 heavy (non-hydrogen) atoms. The molecule has 1 aliphatic carbocycles. The largest absolute Gasteiger partial charge is 0.496 e. The van der Waals surface area contributed by atoms with Crippen molar-refractivity contribution < 1.29 is 9.47 Å². The van der Waals surface area contributed by atoms with E-state index in [0.717, 1.165) is 23.7 Å². The summed E-state index contributed by atoms with van der Waals surface area (Å²) in [4.78, 5) is 0. The molecule has 1 saturated carbocycles. The van der Waals surface area contributed by atoms with Crippen molar-refractivity contribution in [2.75, 3.05) is 13.7 Å². The Bertz CT molecular complexity index is 433. The lowest BCUT2D eigenvalue weighted by Crippen LogP contribution is -2.26. The van der Waals surface area contributed by atoms with Crippen LogP contribution in [0.15, 0.2) is 18.2 Å². The third kappa shape index (κ3) is 3.97. The monoisotopic (exact) mass is 277 g/mol. The number of methoxy groups -OCH3 is 1. The molecule has 1 fully saturated rings. The fourth-order valence-electron chi connectivity index (χ4n) is 3.00. The maximum absolute atomic E-state index is 6.29. The quantitative estimate of drug-likeness (QED) is 0.894. The van der Waals surface area contributed by atoms with Crippen LogP contribution in [0.1, 0.15) is 49.8 Å². The van der Waals surface area contributed by atoms with E-state index in [1.165, 1.54) is 24.8 Å². The van der Waals surface area contributed by atoms with Crippen molar-refractivity contribution in [3.8, 4) is 5.75 Å². The van der Waals surface area contributed by atoms with Crippen LogP contribution >= 0.6 is 0 Å². The lowest BCUT2D eigenvalue weighted by molar-refractivity contribution is 0.00829. The third-order valence-electron chi connectivity index (χ3n) is 4.18. The average Bonchev–Trinajstić information content (AvgIpc) is 2.45. The second-order valence-electron chi connectivity index (χ2n) is 6.08. The van der Waals surface area contributed by atoms with Crippen LogP contribution in [0.3, 0.4) is 0 Å². The van der Waals surface area contributed by atoms with E-state index in [2.05, 4.69) is 19.9 Å². The Morgan fingerprint density at radius 2 is 2.15 bits per heavy atom. The Balaban J connectivity index is 1.94. The zero-order chi connectivity index (χ0) is 14.5. The fraction of sp³-hybridized carbons (Fsp3) is 0.647. The molecule has 0 bridgehead atoms. The summed E-state index contributed by atoms with van der Waals surface area (Å²) in [5, 5.41) is 0. The van der Waals surface area contributed by atoms with Crippen molar-refractivity contribution >= 4 is 0 Å². The highest BCUT2D eigenvalue weighted by molar-refractivity contribution is 5.39. The average molecular weight is 277 g/mol. The van der Waals surface area contributed by atoms with E-state index in [-0.39, 0.29) is 6.04 Å². The molecule has 2 N–H and O–H groups in total. The van der Waals surface area contributed by atoms with Gasteiger partial charge in [0, 0.05) is 5.56 Å². The van der Waals surface area contributed by atoms with Gasteiger partial charge in [-0.15, -0.1) is 0 Å². The summed E-state index contributed by atoms with van der Waals surface area (Å²) in [6, 6.07) is 5.99.